The second-order valence-corrected chi connectivity index (χ2v) is 16.6. The van der Waals surface area contributed by atoms with E-state index < -0.39 is 99.3 Å². The Labute approximate surface area is 381 Å². The lowest BCUT2D eigenvalue weighted by molar-refractivity contribution is -0.332. The SMILES string of the molecule is CCC/C=C/C/C=C/C/C=C/C/C=C/CCCCCC(=O)O[C@H](COC(=O)CCCCCCC/C=C/CCCC)CO[C@H]1O[C@@H](CO[C@H]2O[C@@H](CO)[C@@H](O)C(O)C2O)[C@@H](O)C(O)C1O. The van der Waals surface area contributed by atoms with Gasteiger partial charge in [-0.05, 0) is 70.6 Å². The quantitative estimate of drug-likeness (QED) is 0.0230. The zero-order valence-electron chi connectivity index (χ0n) is 38.5. The Morgan fingerprint density at radius 1 is 0.500 bits per heavy atom. The van der Waals surface area contributed by atoms with Crippen LogP contribution in [0.2, 0.25) is 0 Å². The summed E-state index contributed by atoms with van der Waals surface area (Å²) in [5.41, 5.74) is 0. The number of aliphatic hydroxyl groups excluding tert-OH is 7. The minimum Gasteiger partial charge on any atom is -0.462 e. The standard InChI is InChI=1S/C49H82O15/c1-3-5-7-9-11-13-15-16-17-18-19-20-22-24-26-28-30-32-41(52)62-37(34-59-40(51)31-29-27-25-23-21-14-12-10-8-6-4-2)35-60-48-47(58)45(56)43(54)39(64-48)36-61-49-46(57)44(55)42(53)38(33-50)63-49/h7,9-10,12-13,15,17-18,20,22,37-39,42-50,53-58H,3-6,8,11,14,16,19,21,23-36H2,1-2H3/b9-7+,12-10+,15-13+,18-17+,22-20+/t37-,38+,39+,42-,43-,44?,45?,46?,47?,48+,49+/m1/s1. The maximum absolute atomic E-state index is 13.0. The van der Waals surface area contributed by atoms with E-state index in [9.17, 15) is 45.3 Å². The van der Waals surface area contributed by atoms with E-state index in [4.69, 9.17) is 28.4 Å². The second-order valence-electron chi connectivity index (χ2n) is 16.6. The number of rotatable bonds is 35. The Balaban J connectivity index is 1.86. The number of carbonyl (C=O) groups excluding carboxylic acids is 2. The highest BCUT2D eigenvalue weighted by atomic mass is 16.7. The van der Waals surface area contributed by atoms with Crippen molar-refractivity contribution in [3.63, 3.8) is 0 Å². The van der Waals surface area contributed by atoms with Crippen LogP contribution in [0.25, 0.3) is 0 Å². The van der Waals surface area contributed by atoms with Crippen molar-refractivity contribution < 1.29 is 73.8 Å². The summed E-state index contributed by atoms with van der Waals surface area (Å²) < 4.78 is 33.4. The molecule has 2 heterocycles. The van der Waals surface area contributed by atoms with Gasteiger partial charge in [-0.3, -0.25) is 9.59 Å². The van der Waals surface area contributed by atoms with Crippen molar-refractivity contribution in [3.05, 3.63) is 60.8 Å². The van der Waals surface area contributed by atoms with Crippen LogP contribution < -0.4 is 0 Å². The van der Waals surface area contributed by atoms with Crippen LogP contribution in [0.3, 0.4) is 0 Å². The minimum atomic E-state index is -1.77. The van der Waals surface area contributed by atoms with Gasteiger partial charge in [0.15, 0.2) is 18.7 Å². The average Bonchev–Trinajstić information content (AvgIpc) is 3.29. The molecule has 15 heteroatoms. The fraction of sp³-hybridized carbons (Fsp3) is 0.755. The van der Waals surface area contributed by atoms with E-state index >= 15 is 0 Å². The van der Waals surface area contributed by atoms with Crippen LogP contribution in [-0.4, -0.2) is 142 Å². The van der Waals surface area contributed by atoms with E-state index in [1.165, 1.54) is 19.3 Å². The smallest absolute Gasteiger partial charge is 0.306 e. The predicted octanol–water partition coefficient (Wildman–Crippen LogP) is 5.70. The van der Waals surface area contributed by atoms with Crippen LogP contribution in [0.4, 0.5) is 0 Å². The molecule has 2 aliphatic rings. The lowest BCUT2D eigenvalue weighted by Gasteiger charge is -2.42. The molecule has 0 amide bonds. The van der Waals surface area contributed by atoms with E-state index in [2.05, 4.69) is 74.6 Å². The molecular weight excluding hydrogens is 829 g/mol. The van der Waals surface area contributed by atoms with Gasteiger partial charge in [-0.25, -0.2) is 0 Å². The first-order valence-corrected chi connectivity index (χ1v) is 23.9. The molecule has 11 atom stereocenters. The third kappa shape index (κ3) is 24.6. The van der Waals surface area contributed by atoms with Crippen molar-refractivity contribution >= 4 is 11.9 Å². The number of esters is 2. The molecule has 15 nitrogen and oxygen atoms in total. The Bertz CT molecular complexity index is 1350. The highest BCUT2D eigenvalue weighted by molar-refractivity contribution is 5.70. The predicted molar refractivity (Wildman–Crippen MR) is 243 cm³/mol. The first-order chi connectivity index (χ1) is 31.0. The third-order valence-electron chi connectivity index (χ3n) is 10.9. The van der Waals surface area contributed by atoms with Gasteiger partial charge in [0.1, 0.15) is 55.4 Å². The topological polar surface area (TPSA) is 231 Å². The Morgan fingerprint density at radius 3 is 1.56 bits per heavy atom. The van der Waals surface area contributed by atoms with Crippen LogP contribution in [0.15, 0.2) is 60.8 Å². The van der Waals surface area contributed by atoms with Gasteiger partial charge in [0.2, 0.25) is 0 Å². The highest BCUT2D eigenvalue weighted by Crippen LogP contribution is 2.26. The van der Waals surface area contributed by atoms with E-state index in [-0.39, 0.29) is 19.4 Å². The Morgan fingerprint density at radius 2 is 0.969 bits per heavy atom. The molecule has 0 spiro atoms. The van der Waals surface area contributed by atoms with E-state index in [1.807, 2.05) is 0 Å². The Kier molecular flexibility index (Phi) is 32.5. The molecule has 0 radical (unpaired) electrons. The maximum atomic E-state index is 13.0. The molecule has 0 aromatic heterocycles. The molecule has 64 heavy (non-hydrogen) atoms. The van der Waals surface area contributed by atoms with Gasteiger partial charge in [0.05, 0.1) is 19.8 Å². The summed E-state index contributed by atoms with van der Waals surface area (Å²) in [6, 6.07) is 0. The summed E-state index contributed by atoms with van der Waals surface area (Å²) in [7, 11) is 0. The van der Waals surface area contributed by atoms with E-state index in [0.29, 0.717) is 12.8 Å². The van der Waals surface area contributed by atoms with Gasteiger partial charge in [-0.2, -0.15) is 0 Å². The molecule has 2 saturated heterocycles. The molecule has 368 valence electrons. The van der Waals surface area contributed by atoms with Crippen molar-refractivity contribution in [3.8, 4) is 0 Å². The molecule has 0 aromatic rings. The molecule has 7 N–H and O–H groups in total. The number of carbonyl (C=O) groups is 2. The molecule has 4 unspecified atom stereocenters. The number of unbranched alkanes of at least 4 members (excludes halogenated alkanes) is 11. The van der Waals surface area contributed by atoms with Crippen LogP contribution >= 0.6 is 0 Å². The third-order valence-corrected chi connectivity index (χ3v) is 10.9. The number of ether oxygens (including phenoxy) is 6. The molecule has 0 saturated carbocycles. The molecular formula is C49H82O15. The summed E-state index contributed by atoms with van der Waals surface area (Å²) in [5.74, 6) is -0.980. The zero-order chi connectivity index (χ0) is 46.8. The van der Waals surface area contributed by atoms with Crippen LogP contribution in [0.1, 0.15) is 142 Å². The molecule has 2 fully saturated rings. The fourth-order valence-corrected chi connectivity index (χ4v) is 6.95. The summed E-state index contributed by atoms with van der Waals surface area (Å²) in [5, 5.41) is 71.9. The molecule has 2 rings (SSSR count). The maximum Gasteiger partial charge on any atom is 0.306 e. The van der Waals surface area contributed by atoms with Gasteiger partial charge in [-0.15, -0.1) is 0 Å². The van der Waals surface area contributed by atoms with Crippen molar-refractivity contribution in [2.24, 2.45) is 0 Å². The van der Waals surface area contributed by atoms with Crippen molar-refractivity contribution in [1.82, 2.24) is 0 Å². The lowest BCUT2D eigenvalue weighted by Crippen LogP contribution is -2.61. The molecule has 0 bridgehead atoms. The van der Waals surface area contributed by atoms with Gasteiger partial charge in [0.25, 0.3) is 0 Å². The highest BCUT2D eigenvalue weighted by Gasteiger charge is 2.47. The fourth-order valence-electron chi connectivity index (χ4n) is 6.95. The number of allylic oxidation sites excluding steroid dienone is 10. The van der Waals surface area contributed by atoms with Gasteiger partial charge in [0, 0.05) is 12.8 Å². The van der Waals surface area contributed by atoms with Crippen molar-refractivity contribution in [1.29, 1.82) is 0 Å². The number of hydrogen-bond donors (Lipinski definition) is 7. The van der Waals surface area contributed by atoms with Crippen LogP contribution in [0.5, 0.6) is 0 Å². The summed E-state index contributed by atoms with van der Waals surface area (Å²) >= 11 is 0. The first kappa shape index (κ1) is 57.3. The molecule has 0 aromatic carbocycles. The van der Waals surface area contributed by atoms with Crippen molar-refractivity contribution in [2.75, 3.05) is 26.4 Å². The van der Waals surface area contributed by atoms with Crippen LogP contribution in [-0.2, 0) is 38.0 Å². The average molecular weight is 911 g/mol. The summed E-state index contributed by atoms with van der Waals surface area (Å²) in [6.45, 7) is 2.41. The van der Waals surface area contributed by atoms with Gasteiger partial charge in [-0.1, -0.05) is 120 Å². The minimum absolute atomic E-state index is 0.123. The summed E-state index contributed by atoms with van der Waals surface area (Å²) in [6.07, 6.45) is 22.6. The normalized spacial score (nSPS) is 27.1. The number of aliphatic hydroxyl groups is 7. The largest absolute Gasteiger partial charge is 0.462 e. The van der Waals surface area contributed by atoms with Crippen molar-refractivity contribution in [2.45, 2.75) is 210 Å². The van der Waals surface area contributed by atoms with E-state index in [1.54, 1.807) is 0 Å². The zero-order valence-corrected chi connectivity index (χ0v) is 38.5. The van der Waals surface area contributed by atoms with Gasteiger partial charge < -0.3 is 64.2 Å². The van der Waals surface area contributed by atoms with Gasteiger partial charge >= 0.3 is 11.9 Å². The van der Waals surface area contributed by atoms with Crippen LogP contribution in [0, 0.1) is 0 Å². The second kappa shape index (κ2) is 36.3. The Hall–Kier alpha value is -2.80. The molecule has 2 aliphatic heterocycles. The first-order valence-electron chi connectivity index (χ1n) is 23.9. The van der Waals surface area contributed by atoms with E-state index in [0.717, 1.165) is 83.5 Å². The monoisotopic (exact) mass is 911 g/mol. The molecule has 0 aliphatic carbocycles. The lowest BCUT2D eigenvalue weighted by atomic mass is 9.98. The summed E-state index contributed by atoms with van der Waals surface area (Å²) in [4.78, 5) is 25.6. The number of hydrogen-bond acceptors (Lipinski definition) is 15.